The number of hydrogen-bond donors (Lipinski definition) is 1. The van der Waals surface area contributed by atoms with E-state index in [9.17, 15) is 14.4 Å². The molecule has 0 aliphatic heterocycles. The molecule has 1 amide bonds. The minimum absolute atomic E-state index is 0.0179. The summed E-state index contributed by atoms with van der Waals surface area (Å²) in [6.45, 7) is 1.55. The first-order chi connectivity index (χ1) is 12.6. The molecule has 0 spiro atoms. The molecule has 3 rings (SSSR count). The first-order valence-electron chi connectivity index (χ1n) is 7.65. The molecule has 26 heavy (non-hydrogen) atoms. The SMILES string of the molecule is CCOC(=O)c1ccc2nc(NC(=O)COC(=O)c3ccco3)sc2c1. The van der Waals surface area contributed by atoms with E-state index in [0.717, 1.165) is 4.70 Å². The van der Waals surface area contributed by atoms with Crippen molar-refractivity contribution in [1.82, 2.24) is 4.98 Å². The molecule has 3 aromatic rings. The predicted molar refractivity (Wildman–Crippen MR) is 93.2 cm³/mol. The fraction of sp³-hybridized carbons (Fsp3) is 0.176. The van der Waals surface area contributed by atoms with Crippen molar-refractivity contribution in [3.8, 4) is 0 Å². The summed E-state index contributed by atoms with van der Waals surface area (Å²) in [5.41, 5.74) is 1.04. The van der Waals surface area contributed by atoms with Gasteiger partial charge in [-0.25, -0.2) is 14.6 Å². The largest absolute Gasteiger partial charge is 0.462 e. The van der Waals surface area contributed by atoms with Crippen molar-refractivity contribution in [2.24, 2.45) is 0 Å². The Balaban J connectivity index is 1.62. The number of ether oxygens (including phenoxy) is 2. The monoisotopic (exact) mass is 374 g/mol. The van der Waals surface area contributed by atoms with E-state index in [1.807, 2.05) is 0 Å². The summed E-state index contributed by atoms with van der Waals surface area (Å²) >= 11 is 1.20. The smallest absolute Gasteiger partial charge is 0.374 e. The number of aromatic nitrogens is 1. The van der Waals surface area contributed by atoms with Crippen LogP contribution in [0.2, 0.25) is 0 Å². The zero-order valence-corrected chi connectivity index (χ0v) is 14.5. The topological polar surface area (TPSA) is 108 Å². The van der Waals surface area contributed by atoms with Gasteiger partial charge in [-0.15, -0.1) is 0 Å². The molecular weight excluding hydrogens is 360 g/mol. The van der Waals surface area contributed by atoms with Crippen molar-refractivity contribution >= 4 is 44.5 Å². The Morgan fingerprint density at radius 2 is 2.04 bits per heavy atom. The maximum absolute atomic E-state index is 11.9. The summed E-state index contributed by atoms with van der Waals surface area (Å²) in [7, 11) is 0. The third-order valence-corrected chi connectivity index (χ3v) is 4.14. The Labute approximate surface area is 151 Å². The van der Waals surface area contributed by atoms with Crippen LogP contribution in [0.25, 0.3) is 10.2 Å². The molecular formula is C17H14N2O6S. The number of hydrogen-bond acceptors (Lipinski definition) is 8. The number of nitrogens with zero attached hydrogens (tertiary/aromatic N) is 1. The average Bonchev–Trinajstić information content (AvgIpc) is 3.28. The lowest BCUT2D eigenvalue weighted by Crippen LogP contribution is -2.20. The van der Waals surface area contributed by atoms with Crippen LogP contribution in [-0.2, 0) is 14.3 Å². The van der Waals surface area contributed by atoms with Gasteiger partial charge in [-0.3, -0.25) is 10.1 Å². The van der Waals surface area contributed by atoms with E-state index in [2.05, 4.69) is 10.3 Å². The summed E-state index contributed by atoms with van der Waals surface area (Å²) in [6, 6.07) is 7.91. The number of fused-ring (bicyclic) bond motifs is 1. The van der Waals surface area contributed by atoms with Gasteiger partial charge in [0, 0.05) is 0 Å². The molecule has 2 aromatic heterocycles. The third kappa shape index (κ3) is 4.06. The normalized spacial score (nSPS) is 10.5. The molecule has 2 heterocycles. The molecule has 0 bridgehead atoms. The number of carbonyl (C=O) groups is 3. The van der Waals surface area contributed by atoms with Crippen molar-refractivity contribution in [1.29, 1.82) is 0 Å². The van der Waals surface area contributed by atoms with E-state index in [4.69, 9.17) is 13.9 Å². The lowest BCUT2D eigenvalue weighted by atomic mass is 10.2. The Bertz CT molecular complexity index is 947. The summed E-state index contributed by atoms with van der Waals surface area (Å²) in [4.78, 5) is 39.5. The van der Waals surface area contributed by atoms with Gasteiger partial charge in [-0.1, -0.05) is 11.3 Å². The zero-order chi connectivity index (χ0) is 18.5. The lowest BCUT2D eigenvalue weighted by Gasteiger charge is -2.02. The van der Waals surface area contributed by atoms with E-state index < -0.39 is 24.5 Å². The molecule has 0 saturated carbocycles. The van der Waals surface area contributed by atoms with Crippen molar-refractivity contribution in [3.05, 3.63) is 47.9 Å². The molecule has 0 unspecified atom stereocenters. The highest BCUT2D eigenvalue weighted by molar-refractivity contribution is 7.22. The van der Waals surface area contributed by atoms with Gasteiger partial charge in [0.15, 0.2) is 11.7 Å². The molecule has 134 valence electrons. The maximum atomic E-state index is 11.9. The van der Waals surface area contributed by atoms with Gasteiger partial charge in [-0.05, 0) is 37.3 Å². The van der Waals surface area contributed by atoms with Gasteiger partial charge in [-0.2, -0.15) is 0 Å². The zero-order valence-electron chi connectivity index (χ0n) is 13.7. The first kappa shape index (κ1) is 17.6. The van der Waals surface area contributed by atoms with Crippen molar-refractivity contribution in [3.63, 3.8) is 0 Å². The van der Waals surface area contributed by atoms with Crippen LogP contribution in [0, 0.1) is 0 Å². The van der Waals surface area contributed by atoms with E-state index in [1.54, 1.807) is 31.2 Å². The number of benzene rings is 1. The Hall–Kier alpha value is -3.20. The standard InChI is InChI=1S/C17H14N2O6S/c1-2-23-15(21)10-5-6-11-13(8-10)26-17(18-11)19-14(20)9-25-16(22)12-4-3-7-24-12/h3-8H,2,9H2,1H3,(H,18,19,20). The van der Waals surface area contributed by atoms with Gasteiger partial charge in [0.05, 0.1) is 28.7 Å². The van der Waals surface area contributed by atoms with Gasteiger partial charge in [0.25, 0.3) is 5.91 Å². The third-order valence-electron chi connectivity index (χ3n) is 3.20. The van der Waals surface area contributed by atoms with Crippen LogP contribution < -0.4 is 5.32 Å². The van der Waals surface area contributed by atoms with Gasteiger partial charge in [0.1, 0.15) is 0 Å². The van der Waals surface area contributed by atoms with Gasteiger partial charge < -0.3 is 13.9 Å². The average molecular weight is 374 g/mol. The second kappa shape index (κ2) is 7.79. The van der Waals surface area contributed by atoms with Crippen LogP contribution in [0.3, 0.4) is 0 Å². The number of esters is 2. The number of thiazole rings is 1. The van der Waals surface area contributed by atoms with Gasteiger partial charge in [0.2, 0.25) is 5.76 Å². The maximum Gasteiger partial charge on any atom is 0.374 e. The molecule has 1 N–H and O–H groups in total. The summed E-state index contributed by atoms with van der Waals surface area (Å²) in [5, 5.41) is 2.88. The highest BCUT2D eigenvalue weighted by Crippen LogP contribution is 2.27. The van der Waals surface area contributed by atoms with Gasteiger partial charge >= 0.3 is 11.9 Å². The van der Waals surface area contributed by atoms with Crippen LogP contribution in [0.5, 0.6) is 0 Å². The predicted octanol–water partition coefficient (Wildman–Crippen LogP) is 2.86. The molecule has 0 aliphatic rings. The lowest BCUT2D eigenvalue weighted by molar-refractivity contribution is -0.119. The van der Waals surface area contributed by atoms with Crippen LogP contribution >= 0.6 is 11.3 Å². The van der Waals surface area contributed by atoms with Crippen LogP contribution in [0.1, 0.15) is 27.8 Å². The molecule has 8 nitrogen and oxygen atoms in total. The molecule has 1 aromatic carbocycles. The quantitative estimate of drug-likeness (QED) is 0.661. The highest BCUT2D eigenvalue weighted by Gasteiger charge is 2.15. The Morgan fingerprint density at radius 3 is 2.77 bits per heavy atom. The Kier molecular flexibility index (Phi) is 5.28. The number of rotatable bonds is 6. The molecule has 0 saturated heterocycles. The van der Waals surface area contributed by atoms with E-state index in [1.165, 1.54) is 23.7 Å². The number of anilines is 1. The fourth-order valence-corrected chi connectivity index (χ4v) is 2.99. The summed E-state index contributed by atoms with van der Waals surface area (Å²) in [6.07, 6.45) is 1.34. The molecule has 0 radical (unpaired) electrons. The molecule has 0 aliphatic carbocycles. The van der Waals surface area contributed by atoms with Crippen LogP contribution in [0.15, 0.2) is 41.0 Å². The number of furan rings is 1. The van der Waals surface area contributed by atoms with E-state index >= 15 is 0 Å². The number of carbonyl (C=O) groups excluding carboxylic acids is 3. The first-order valence-corrected chi connectivity index (χ1v) is 8.46. The minimum Gasteiger partial charge on any atom is -0.462 e. The van der Waals surface area contributed by atoms with Crippen LogP contribution in [0.4, 0.5) is 5.13 Å². The number of nitrogens with one attached hydrogen (secondary N) is 1. The van der Waals surface area contributed by atoms with E-state index in [0.29, 0.717) is 16.2 Å². The molecule has 9 heteroatoms. The Morgan fingerprint density at radius 1 is 1.19 bits per heavy atom. The van der Waals surface area contributed by atoms with Crippen molar-refractivity contribution < 1.29 is 28.3 Å². The fourth-order valence-electron chi connectivity index (χ4n) is 2.07. The highest BCUT2D eigenvalue weighted by atomic mass is 32.1. The summed E-state index contributed by atoms with van der Waals surface area (Å²) in [5.74, 6) is -1.66. The molecule has 0 fully saturated rings. The summed E-state index contributed by atoms with van der Waals surface area (Å²) < 4.78 is 15.4. The van der Waals surface area contributed by atoms with Crippen LogP contribution in [-0.4, -0.2) is 36.0 Å². The number of amides is 1. The second-order valence-electron chi connectivity index (χ2n) is 5.02. The molecule has 0 atom stereocenters. The van der Waals surface area contributed by atoms with Crippen molar-refractivity contribution in [2.75, 3.05) is 18.5 Å². The minimum atomic E-state index is -0.728. The van der Waals surface area contributed by atoms with E-state index in [-0.39, 0.29) is 12.4 Å². The van der Waals surface area contributed by atoms with Crippen molar-refractivity contribution in [2.45, 2.75) is 6.92 Å². The second-order valence-corrected chi connectivity index (χ2v) is 6.05.